The lowest BCUT2D eigenvalue weighted by Gasteiger charge is -2.12. The van der Waals surface area contributed by atoms with Gasteiger partial charge in [-0.3, -0.25) is 0 Å². The summed E-state index contributed by atoms with van der Waals surface area (Å²) in [6, 6.07) is 8.89. The molecule has 74 valence electrons. The van der Waals surface area contributed by atoms with Crippen molar-refractivity contribution >= 4 is 5.69 Å². The molecule has 1 aromatic carbocycles. The zero-order valence-electron chi connectivity index (χ0n) is 8.74. The summed E-state index contributed by atoms with van der Waals surface area (Å²) in [6.45, 7) is 1.23. The molecule has 14 heavy (non-hydrogen) atoms. The number of fused-ring (bicyclic) bond motifs is 1. The summed E-state index contributed by atoms with van der Waals surface area (Å²) >= 11 is 0. The number of likely N-dealkylation sites (N-methyl/N-ethyl adjacent to an activating group) is 1. The zero-order chi connectivity index (χ0) is 9.54. The van der Waals surface area contributed by atoms with Crippen LogP contribution in [0.2, 0.25) is 0 Å². The minimum absolute atomic E-state index is 0.809. The molecule has 1 aliphatic heterocycles. The number of hydrogen-bond donors (Lipinski definition) is 0. The Kier molecular flexibility index (Phi) is 1.79. The zero-order valence-corrected chi connectivity index (χ0v) is 8.74. The second-order valence-electron chi connectivity index (χ2n) is 4.82. The van der Waals surface area contributed by atoms with Crippen LogP contribution < -0.4 is 4.90 Å². The molecule has 0 amide bonds. The van der Waals surface area contributed by atoms with Crippen molar-refractivity contribution in [3.63, 3.8) is 0 Å². The Hall–Kier alpha value is -0.980. The molecule has 0 bridgehead atoms. The first-order chi connectivity index (χ1) is 6.84. The predicted molar refractivity (Wildman–Crippen MR) is 59.8 cm³/mol. The standard InChI is InChI=1S/C13H17N/c1-14-9-11(8-10-6-7-10)12-4-2-3-5-13(12)14/h2-5,10-11H,6-9H2,1H3. The molecule has 2 aliphatic rings. The molecule has 0 spiro atoms. The van der Waals surface area contributed by atoms with Crippen molar-refractivity contribution in [2.75, 3.05) is 18.5 Å². The first-order valence-electron chi connectivity index (χ1n) is 5.64. The van der Waals surface area contributed by atoms with E-state index in [-0.39, 0.29) is 0 Å². The highest BCUT2D eigenvalue weighted by Gasteiger charge is 2.31. The van der Waals surface area contributed by atoms with E-state index in [2.05, 4.69) is 36.2 Å². The van der Waals surface area contributed by atoms with Crippen LogP contribution in [0, 0.1) is 5.92 Å². The first kappa shape index (κ1) is 8.34. The molecule has 1 atom stereocenters. The van der Waals surface area contributed by atoms with Gasteiger partial charge in [0, 0.05) is 25.2 Å². The van der Waals surface area contributed by atoms with Gasteiger partial charge < -0.3 is 4.90 Å². The van der Waals surface area contributed by atoms with E-state index in [9.17, 15) is 0 Å². The van der Waals surface area contributed by atoms with E-state index in [4.69, 9.17) is 0 Å². The third-order valence-electron chi connectivity index (χ3n) is 3.60. The van der Waals surface area contributed by atoms with Crippen molar-refractivity contribution in [1.82, 2.24) is 0 Å². The van der Waals surface area contributed by atoms with Gasteiger partial charge in [-0.15, -0.1) is 0 Å². The van der Waals surface area contributed by atoms with Gasteiger partial charge >= 0.3 is 0 Å². The molecule has 1 aromatic rings. The van der Waals surface area contributed by atoms with E-state index in [1.807, 2.05) is 0 Å². The number of para-hydroxylation sites is 1. The lowest BCUT2D eigenvalue weighted by molar-refractivity contribution is 0.601. The smallest absolute Gasteiger partial charge is 0.0399 e. The summed E-state index contributed by atoms with van der Waals surface area (Å²) in [5.74, 6) is 1.85. The molecule has 1 saturated carbocycles. The average Bonchev–Trinajstić information content (AvgIpc) is 2.95. The van der Waals surface area contributed by atoms with Gasteiger partial charge in [-0.25, -0.2) is 0 Å². The van der Waals surface area contributed by atoms with Crippen molar-refractivity contribution in [1.29, 1.82) is 0 Å². The molecule has 0 saturated heterocycles. The Labute approximate surface area is 85.7 Å². The van der Waals surface area contributed by atoms with Gasteiger partial charge in [0.05, 0.1) is 0 Å². The number of nitrogens with zero attached hydrogens (tertiary/aromatic N) is 1. The van der Waals surface area contributed by atoms with Crippen LogP contribution in [0.15, 0.2) is 24.3 Å². The minimum Gasteiger partial charge on any atom is -0.374 e. The highest BCUT2D eigenvalue weighted by molar-refractivity contribution is 5.59. The molecular weight excluding hydrogens is 170 g/mol. The van der Waals surface area contributed by atoms with Gasteiger partial charge in [0.15, 0.2) is 0 Å². The lowest BCUT2D eigenvalue weighted by Crippen LogP contribution is -2.15. The van der Waals surface area contributed by atoms with Crippen LogP contribution in [0.5, 0.6) is 0 Å². The van der Waals surface area contributed by atoms with E-state index in [1.165, 1.54) is 31.5 Å². The van der Waals surface area contributed by atoms with E-state index in [0.29, 0.717) is 0 Å². The Morgan fingerprint density at radius 1 is 1.29 bits per heavy atom. The second kappa shape index (κ2) is 3.01. The van der Waals surface area contributed by atoms with Crippen molar-refractivity contribution in [2.24, 2.45) is 5.92 Å². The number of rotatable bonds is 2. The van der Waals surface area contributed by atoms with E-state index < -0.39 is 0 Å². The maximum absolute atomic E-state index is 2.41. The molecule has 3 rings (SSSR count). The quantitative estimate of drug-likeness (QED) is 0.688. The van der Waals surface area contributed by atoms with Crippen LogP contribution in [0.4, 0.5) is 5.69 Å². The fourth-order valence-corrected chi connectivity index (χ4v) is 2.67. The molecule has 1 fully saturated rings. The van der Waals surface area contributed by atoms with Gasteiger partial charge in [0.1, 0.15) is 0 Å². The normalized spacial score (nSPS) is 25.2. The lowest BCUT2D eigenvalue weighted by atomic mass is 9.96. The van der Waals surface area contributed by atoms with Gasteiger partial charge in [-0.1, -0.05) is 31.0 Å². The van der Waals surface area contributed by atoms with E-state index in [1.54, 1.807) is 5.56 Å². The van der Waals surface area contributed by atoms with E-state index in [0.717, 1.165) is 11.8 Å². The van der Waals surface area contributed by atoms with Crippen LogP contribution in [0.3, 0.4) is 0 Å². The molecule has 1 heteroatoms. The third kappa shape index (κ3) is 1.31. The predicted octanol–water partition coefficient (Wildman–Crippen LogP) is 3.02. The topological polar surface area (TPSA) is 3.24 Å². The monoisotopic (exact) mass is 187 g/mol. The maximum atomic E-state index is 2.41. The number of hydrogen-bond acceptors (Lipinski definition) is 1. The van der Waals surface area contributed by atoms with Crippen LogP contribution in [-0.2, 0) is 0 Å². The molecule has 1 heterocycles. The van der Waals surface area contributed by atoms with Crippen molar-refractivity contribution in [3.8, 4) is 0 Å². The Morgan fingerprint density at radius 3 is 2.86 bits per heavy atom. The van der Waals surface area contributed by atoms with Gasteiger partial charge in [-0.2, -0.15) is 0 Å². The molecule has 1 aliphatic carbocycles. The molecule has 0 aromatic heterocycles. The molecule has 1 nitrogen and oxygen atoms in total. The van der Waals surface area contributed by atoms with E-state index >= 15 is 0 Å². The highest BCUT2D eigenvalue weighted by Crippen LogP contribution is 2.44. The Balaban J connectivity index is 1.88. The Bertz CT molecular complexity index is 339. The second-order valence-corrected chi connectivity index (χ2v) is 4.82. The maximum Gasteiger partial charge on any atom is 0.0399 e. The highest BCUT2D eigenvalue weighted by atomic mass is 15.1. The fourth-order valence-electron chi connectivity index (χ4n) is 2.67. The fraction of sp³-hybridized carbons (Fsp3) is 0.538. The molecule has 0 radical (unpaired) electrons. The summed E-state index contributed by atoms with van der Waals surface area (Å²) < 4.78 is 0. The van der Waals surface area contributed by atoms with Crippen LogP contribution in [-0.4, -0.2) is 13.6 Å². The SMILES string of the molecule is CN1CC(CC2CC2)c2ccccc21. The van der Waals surface area contributed by atoms with Crippen molar-refractivity contribution in [2.45, 2.75) is 25.2 Å². The van der Waals surface area contributed by atoms with Crippen molar-refractivity contribution in [3.05, 3.63) is 29.8 Å². The van der Waals surface area contributed by atoms with Crippen molar-refractivity contribution < 1.29 is 0 Å². The largest absolute Gasteiger partial charge is 0.374 e. The summed E-state index contributed by atoms with van der Waals surface area (Å²) in [6.07, 6.45) is 4.37. The summed E-state index contributed by atoms with van der Waals surface area (Å²) in [5, 5.41) is 0. The first-order valence-corrected chi connectivity index (χ1v) is 5.64. The van der Waals surface area contributed by atoms with Gasteiger partial charge in [-0.05, 0) is 24.0 Å². The summed E-state index contributed by atoms with van der Waals surface area (Å²) in [5.41, 5.74) is 3.04. The molecule has 1 unspecified atom stereocenters. The summed E-state index contributed by atoms with van der Waals surface area (Å²) in [4.78, 5) is 2.41. The molecular formula is C13H17N. The third-order valence-corrected chi connectivity index (χ3v) is 3.60. The number of anilines is 1. The van der Waals surface area contributed by atoms with Gasteiger partial charge in [0.25, 0.3) is 0 Å². The van der Waals surface area contributed by atoms with Gasteiger partial charge in [0.2, 0.25) is 0 Å². The molecule has 0 N–H and O–H groups in total. The average molecular weight is 187 g/mol. The minimum atomic E-state index is 0.809. The Morgan fingerprint density at radius 2 is 2.07 bits per heavy atom. The van der Waals surface area contributed by atoms with Crippen LogP contribution in [0.25, 0.3) is 0 Å². The summed E-state index contributed by atoms with van der Waals surface area (Å²) in [7, 11) is 2.21. The van der Waals surface area contributed by atoms with Crippen LogP contribution in [0.1, 0.15) is 30.7 Å². The number of benzene rings is 1. The van der Waals surface area contributed by atoms with Crippen LogP contribution >= 0.6 is 0 Å².